The largest absolute Gasteiger partial charge is 0.481 e. The van der Waals surface area contributed by atoms with Crippen molar-refractivity contribution in [3.8, 4) is 0 Å². The molecule has 1 heterocycles. The lowest BCUT2D eigenvalue weighted by Gasteiger charge is -2.29. The van der Waals surface area contributed by atoms with Crippen LogP contribution >= 0.6 is 11.3 Å². The smallest absolute Gasteiger partial charge is 0.303 e. The Morgan fingerprint density at radius 2 is 2.18 bits per heavy atom. The van der Waals surface area contributed by atoms with Crippen LogP contribution in [0.5, 0.6) is 0 Å². The van der Waals surface area contributed by atoms with Crippen molar-refractivity contribution in [3.05, 3.63) is 22.4 Å². The molecule has 1 N–H and O–H groups in total. The van der Waals surface area contributed by atoms with Crippen molar-refractivity contribution in [2.24, 2.45) is 11.8 Å². The lowest BCUT2D eigenvalue weighted by Crippen LogP contribution is -2.22. The number of hydrogen-bond donors (Lipinski definition) is 1. The average molecular weight is 252 g/mol. The molecule has 1 aliphatic rings. The molecule has 0 aromatic carbocycles. The van der Waals surface area contributed by atoms with Gasteiger partial charge in [0.05, 0.1) is 0 Å². The van der Waals surface area contributed by atoms with Crippen LogP contribution < -0.4 is 0 Å². The molecule has 1 aliphatic carbocycles. The molecule has 1 aromatic rings. The van der Waals surface area contributed by atoms with E-state index in [2.05, 4.69) is 17.5 Å². The zero-order valence-corrected chi connectivity index (χ0v) is 10.9. The predicted molar refractivity (Wildman–Crippen MR) is 70.3 cm³/mol. The summed E-state index contributed by atoms with van der Waals surface area (Å²) in [5, 5.41) is 11.1. The van der Waals surface area contributed by atoms with Gasteiger partial charge in [0, 0.05) is 11.3 Å². The van der Waals surface area contributed by atoms with Gasteiger partial charge < -0.3 is 5.11 Å². The first kappa shape index (κ1) is 12.6. The minimum absolute atomic E-state index is 0.336. The summed E-state index contributed by atoms with van der Waals surface area (Å²) in [6.07, 6.45) is 7.63. The van der Waals surface area contributed by atoms with Gasteiger partial charge >= 0.3 is 5.97 Å². The summed E-state index contributed by atoms with van der Waals surface area (Å²) >= 11 is 1.75. The van der Waals surface area contributed by atoms with E-state index in [9.17, 15) is 4.79 Å². The number of rotatable bonds is 5. The Kier molecular flexibility index (Phi) is 4.60. The zero-order valence-electron chi connectivity index (χ0n) is 10.1. The van der Waals surface area contributed by atoms with Gasteiger partial charge in [0.15, 0.2) is 0 Å². The van der Waals surface area contributed by atoms with Crippen molar-refractivity contribution in [2.45, 2.75) is 44.9 Å². The number of carboxylic acids is 1. The molecule has 1 fully saturated rings. The first-order valence-electron chi connectivity index (χ1n) is 6.50. The standard InChI is InChI=1S/C14H20O2S/c15-14(16)10-12(9-13-7-4-8-17-13)11-5-2-1-3-6-11/h4,7-8,11-12H,1-3,5-6,9-10H2,(H,15,16). The van der Waals surface area contributed by atoms with Gasteiger partial charge in [0.1, 0.15) is 0 Å². The summed E-state index contributed by atoms with van der Waals surface area (Å²) in [6.45, 7) is 0. The third kappa shape index (κ3) is 3.84. The molecular formula is C14H20O2S. The van der Waals surface area contributed by atoms with E-state index in [-0.39, 0.29) is 0 Å². The molecule has 1 aromatic heterocycles. The second-order valence-corrected chi connectivity index (χ2v) is 6.07. The maximum Gasteiger partial charge on any atom is 0.303 e. The fourth-order valence-electron chi connectivity index (χ4n) is 2.92. The van der Waals surface area contributed by atoms with Crippen molar-refractivity contribution in [1.82, 2.24) is 0 Å². The van der Waals surface area contributed by atoms with E-state index in [1.165, 1.54) is 37.0 Å². The predicted octanol–water partition coefficient (Wildman–Crippen LogP) is 3.96. The molecule has 0 spiro atoms. The van der Waals surface area contributed by atoms with Gasteiger partial charge in [-0.15, -0.1) is 11.3 Å². The van der Waals surface area contributed by atoms with Gasteiger partial charge in [-0.1, -0.05) is 38.2 Å². The molecule has 2 rings (SSSR count). The fourth-order valence-corrected chi connectivity index (χ4v) is 3.72. The molecule has 0 saturated heterocycles. The topological polar surface area (TPSA) is 37.3 Å². The van der Waals surface area contributed by atoms with E-state index < -0.39 is 5.97 Å². The van der Waals surface area contributed by atoms with E-state index in [1.54, 1.807) is 11.3 Å². The van der Waals surface area contributed by atoms with Crippen LogP contribution in [0.15, 0.2) is 17.5 Å². The van der Waals surface area contributed by atoms with Gasteiger partial charge in [-0.25, -0.2) is 0 Å². The zero-order chi connectivity index (χ0) is 12.1. The monoisotopic (exact) mass is 252 g/mol. The molecule has 1 unspecified atom stereocenters. The highest BCUT2D eigenvalue weighted by Crippen LogP contribution is 2.34. The number of aliphatic carboxylic acids is 1. The van der Waals surface area contributed by atoms with Gasteiger partial charge in [0.2, 0.25) is 0 Å². The highest BCUT2D eigenvalue weighted by Gasteiger charge is 2.26. The Balaban J connectivity index is 1.98. The summed E-state index contributed by atoms with van der Waals surface area (Å²) < 4.78 is 0. The molecule has 0 aliphatic heterocycles. The molecule has 94 valence electrons. The van der Waals surface area contributed by atoms with Crippen molar-refractivity contribution >= 4 is 17.3 Å². The normalized spacial score (nSPS) is 19.1. The fraction of sp³-hybridized carbons (Fsp3) is 0.643. The molecule has 2 nitrogen and oxygen atoms in total. The highest BCUT2D eigenvalue weighted by atomic mass is 32.1. The molecule has 3 heteroatoms. The van der Waals surface area contributed by atoms with Crippen LogP contribution in [0.25, 0.3) is 0 Å². The quantitative estimate of drug-likeness (QED) is 0.861. The molecule has 1 saturated carbocycles. The van der Waals surface area contributed by atoms with Gasteiger partial charge in [0.25, 0.3) is 0 Å². The lowest BCUT2D eigenvalue weighted by atomic mass is 9.77. The van der Waals surface area contributed by atoms with Gasteiger partial charge in [-0.2, -0.15) is 0 Å². The maximum absolute atomic E-state index is 11.0. The van der Waals surface area contributed by atoms with Crippen LogP contribution in [0.1, 0.15) is 43.4 Å². The summed E-state index contributed by atoms with van der Waals surface area (Å²) in [6, 6.07) is 4.18. The number of carboxylic acid groups (broad SMARTS) is 1. The Morgan fingerprint density at radius 3 is 2.76 bits per heavy atom. The second kappa shape index (κ2) is 6.20. The van der Waals surface area contributed by atoms with Crippen molar-refractivity contribution in [2.75, 3.05) is 0 Å². The van der Waals surface area contributed by atoms with Gasteiger partial charge in [-0.05, 0) is 29.7 Å². The van der Waals surface area contributed by atoms with Crippen molar-refractivity contribution < 1.29 is 9.90 Å². The average Bonchev–Trinajstić information content (AvgIpc) is 2.82. The molecule has 0 amide bonds. The summed E-state index contributed by atoms with van der Waals surface area (Å²) in [4.78, 5) is 12.3. The van der Waals surface area contributed by atoms with Crippen molar-refractivity contribution in [3.63, 3.8) is 0 Å². The number of hydrogen-bond acceptors (Lipinski definition) is 2. The van der Waals surface area contributed by atoms with E-state index in [0.29, 0.717) is 18.3 Å². The van der Waals surface area contributed by atoms with E-state index in [4.69, 9.17) is 5.11 Å². The Bertz CT molecular complexity index is 339. The second-order valence-electron chi connectivity index (χ2n) is 5.04. The van der Waals surface area contributed by atoms with Crippen LogP contribution in [0.2, 0.25) is 0 Å². The SMILES string of the molecule is O=C(O)CC(Cc1cccs1)C1CCCCC1. The van der Waals surface area contributed by atoms with E-state index >= 15 is 0 Å². The summed E-state index contributed by atoms with van der Waals surface area (Å²) in [5.74, 6) is 0.325. The summed E-state index contributed by atoms with van der Waals surface area (Å²) in [5.41, 5.74) is 0. The number of carbonyl (C=O) groups is 1. The molecule has 1 atom stereocenters. The Labute approximate surface area is 107 Å². The van der Waals surface area contributed by atoms with Crippen LogP contribution in [-0.4, -0.2) is 11.1 Å². The van der Waals surface area contributed by atoms with Gasteiger partial charge in [-0.3, -0.25) is 4.79 Å². The maximum atomic E-state index is 11.0. The van der Waals surface area contributed by atoms with Crippen LogP contribution in [0.4, 0.5) is 0 Å². The molecular weight excluding hydrogens is 232 g/mol. The van der Waals surface area contributed by atoms with E-state index in [1.807, 2.05) is 0 Å². The van der Waals surface area contributed by atoms with E-state index in [0.717, 1.165) is 6.42 Å². The third-order valence-electron chi connectivity index (χ3n) is 3.80. The summed E-state index contributed by atoms with van der Waals surface area (Å²) in [7, 11) is 0. The van der Waals surface area contributed by atoms with Crippen LogP contribution in [0.3, 0.4) is 0 Å². The molecule has 0 radical (unpaired) electrons. The first-order valence-corrected chi connectivity index (χ1v) is 7.38. The highest BCUT2D eigenvalue weighted by molar-refractivity contribution is 7.09. The molecule has 17 heavy (non-hydrogen) atoms. The minimum atomic E-state index is -0.642. The molecule has 0 bridgehead atoms. The lowest BCUT2D eigenvalue weighted by molar-refractivity contribution is -0.138. The minimum Gasteiger partial charge on any atom is -0.481 e. The number of thiophene rings is 1. The Morgan fingerprint density at radius 1 is 1.41 bits per heavy atom. The third-order valence-corrected chi connectivity index (χ3v) is 4.70. The van der Waals surface area contributed by atoms with Crippen LogP contribution in [0, 0.1) is 11.8 Å². The van der Waals surface area contributed by atoms with Crippen LogP contribution in [-0.2, 0) is 11.2 Å². The van der Waals surface area contributed by atoms with Crippen molar-refractivity contribution in [1.29, 1.82) is 0 Å². The Hall–Kier alpha value is -0.830. The first-order chi connectivity index (χ1) is 8.25.